The summed E-state index contributed by atoms with van der Waals surface area (Å²) in [5.74, 6) is 0.00305. The van der Waals surface area contributed by atoms with Crippen LogP contribution in [0.25, 0.3) is 10.9 Å². The van der Waals surface area contributed by atoms with Crippen LogP contribution in [0.3, 0.4) is 0 Å². The summed E-state index contributed by atoms with van der Waals surface area (Å²) in [6, 6.07) is 13.3. The number of hydrogen-bond donors (Lipinski definition) is 2. The number of ether oxygens (including phenoxy) is 1. The van der Waals surface area contributed by atoms with E-state index in [0.29, 0.717) is 29.5 Å². The van der Waals surface area contributed by atoms with Gasteiger partial charge in [-0.3, -0.25) is 9.59 Å². The Morgan fingerprint density at radius 3 is 2.93 bits per heavy atom. The number of aromatic amines is 1. The molecule has 29 heavy (non-hydrogen) atoms. The number of halogens is 1. The molecule has 1 aliphatic heterocycles. The van der Waals surface area contributed by atoms with Gasteiger partial charge >= 0.3 is 0 Å². The molecule has 2 amide bonds. The third-order valence-corrected chi connectivity index (χ3v) is 5.61. The molecule has 0 spiro atoms. The number of para-hydroxylation sites is 1. The van der Waals surface area contributed by atoms with Crippen molar-refractivity contribution in [3.8, 4) is 5.75 Å². The summed E-state index contributed by atoms with van der Waals surface area (Å²) in [6.07, 6.45) is 2.90. The minimum Gasteiger partial charge on any atom is -0.495 e. The maximum absolute atomic E-state index is 12.6. The van der Waals surface area contributed by atoms with Gasteiger partial charge in [0.25, 0.3) is 0 Å². The summed E-state index contributed by atoms with van der Waals surface area (Å²) in [4.78, 5) is 29.9. The molecule has 0 unspecified atom stereocenters. The number of nitrogens with zero attached hydrogens (tertiary/aromatic N) is 1. The lowest BCUT2D eigenvalue weighted by Crippen LogP contribution is -2.34. The molecule has 0 saturated carbocycles. The summed E-state index contributed by atoms with van der Waals surface area (Å²) < 4.78 is 5.15. The number of H-pyrrole nitrogens is 1. The monoisotopic (exact) mass is 411 g/mol. The van der Waals surface area contributed by atoms with E-state index >= 15 is 0 Å². The summed E-state index contributed by atoms with van der Waals surface area (Å²) in [5.41, 5.74) is 2.93. The van der Waals surface area contributed by atoms with E-state index < -0.39 is 0 Å². The van der Waals surface area contributed by atoms with Crippen molar-refractivity contribution in [2.45, 2.75) is 12.8 Å². The van der Waals surface area contributed by atoms with E-state index in [4.69, 9.17) is 16.3 Å². The van der Waals surface area contributed by atoms with Gasteiger partial charge in [0.15, 0.2) is 0 Å². The van der Waals surface area contributed by atoms with Crippen LogP contribution in [-0.4, -0.2) is 37.0 Å². The average Bonchev–Trinajstić information content (AvgIpc) is 3.32. The SMILES string of the molecule is COc1ccc(N2C[C@@H](C(=O)NCCc3c[nH]c4ccccc34)CC2=O)cc1Cl. The van der Waals surface area contributed by atoms with E-state index in [9.17, 15) is 9.59 Å². The Balaban J connectivity index is 1.35. The van der Waals surface area contributed by atoms with E-state index in [1.165, 1.54) is 5.39 Å². The zero-order valence-corrected chi connectivity index (χ0v) is 16.8. The van der Waals surface area contributed by atoms with Gasteiger partial charge in [-0.2, -0.15) is 0 Å². The van der Waals surface area contributed by atoms with E-state index in [2.05, 4.69) is 16.4 Å². The lowest BCUT2D eigenvalue weighted by atomic mass is 10.1. The first-order valence-electron chi connectivity index (χ1n) is 9.53. The highest BCUT2D eigenvalue weighted by atomic mass is 35.5. The van der Waals surface area contributed by atoms with E-state index in [1.807, 2.05) is 24.4 Å². The fraction of sp³-hybridized carbons (Fsp3) is 0.273. The molecule has 1 saturated heterocycles. The number of anilines is 1. The first-order valence-corrected chi connectivity index (χ1v) is 9.91. The zero-order valence-electron chi connectivity index (χ0n) is 16.1. The van der Waals surface area contributed by atoms with Gasteiger partial charge in [-0.1, -0.05) is 29.8 Å². The van der Waals surface area contributed by atoms with Gasteiger partial charge in [0.1, 0.15) is 5.75 Å². The highest BCUT2D eigenvalue weighted by Crippen LogP contribution is 2.32. The molecule has 1 atom stereocenters. The zero-order chi connectivity index (χ0) is 20.4. The van der Waals surface area contributed by atoms with Crippen LogP contribution in [0.2, 0.25) is 5.02 Å². The van der Waals surface area contributed by atoms with Crippen LogP contribution in [0, 0.1) is 5.92 Å². The van der Waals surface area contributed by atoms with E-state index in [-0.39, 0.29) is 24.2 Å². The van der Waals surface area contributed by atoms with Crippen LogP contribution in [0.15, 0.2) is 48.7 Å². The van der Waals surface area contributed by atoms with Gasteiger partial charge in [-0.05, 0) is 36.2 Å². The first kappa shape index (κ1) is 19.3. The Morgan fingerprint density at radius 1 is 1.31 bits per heavy atom. The molecule has 1 aliphatic rings. The number of carbonyl (C=O) groups excluding carboxylic acids is 2. The fourth-order valence-corrected chi connectivity index (χ4v) is 4.01. The molecule has 0 aliphatic carbocycles. The molecule has 2 aromatic carbocycles. The van der Waals surface area contributed by atoms with Gasteiger partial charge in [-0.15, -0.1) is 0 Å². The molecule has 3 aromatic rings. The Labute approximate surface area is 173 Å². The Morgan fingerprint density at radius 2 is 2.14 bits per heavy atom. The van der Waals surface area contributed by atoms with Crippen LogP contribution in [-0.2, 0) is 16.0 Å². The molecule has 2 N–H and O–H groups in total. The molecule has 6 nitrogen and oxygen atoms in total. The van der Waals surface area contributed by atoms with Crippen molar-refractivity contribution < 1.29 is 14.3 Å². The third-order valence-electron chi connectivity index (χ3n) is 5.31. The summed E-state index contributed by atoms with van der Waals surface area (Å²) in [6.45, 7) is 0.875. The van der Waals surface area contributed by atoms with Gasteiger partial charge in [0, 0.05) is 42.3 Å². The molecule has 150 valence electrons. The van der Waals surface area contributed by atoms with Gasteiger partial charge in [0.05, 0.1) is 18.1 Å². The second kappa shape index (κ2) is 8.17. The number of benzene rings is 2. The second-order valence-electron chi connectivity index (χ2n) is 7.12. The summed E-state index contributed by atoms with van der Waals surface area (Å²) in [5, 5.41) is 4.57. The molecular weight excluding hydrogens is 390 g/mol. The number of aromatic nitrogens is 1. The number of rotatable bonds is 6. The van der Waals surface area contributed by atoms with Crippen molar-refractivity contribution in [2.75, 3.05) is 25.1 Å². The molecule has 1 aromatic heterocycles. The van der Waals surface area contributed by atoms with Crippen molar-refractivity contribution in [1.29, 1.82) is 0 Å². The van der Waals surface area contributed by atoms with Crippen LogP contribution < -0.4 is 15.0 Å². The molecular formula is C22H22ClN3O3. The van der Waals surface area contributed by atoms with Crippen LogP contribution >= 0.6 is 11.6 Å². The number of methoxy groups -OCH3 is 1. The molecule has 1 fully saturated rings. The second-order valence-corrected chi connectivity index (χ2v) is 7.53. The first-order chi connectivity index (χ1) is 14.1. The van der Waals surface area contributed by atoms with Crippen molar-refractivity contribution in [2.24, 2.45) is 5.92 Å². The largest absolute Gasteiger partial charge is 0.495 e. The molecule has 2 heterocycles. The van der Waals surface area contributed by atoms with E-state index in [1.54, 1.807) is 30.2 Å². The normalized spacial score (nSPS) is 16.4. The maximum atomic E-state index is 12.6. The number of amides is 2. The van der Waals surface area contributed by atoms with E-state index in [0.717, 1.165) is 17.5 Å². The van der Waals surface area contributed by atoms with Crippen molar-refractivity contribution in [3.05, 3.63) is 59.2 Å². The fourth-order valence-electron chi connectivity index (χ4n) is 3.76. The minimum atomic E-state index is -0.369. The number of carbonyl (C=O) groups is 2. The lowest BCUT2D eigenvalue weighted by Gasteiger charge is -2.17. The van der Waals surface area contributed by atoms with Crippen LogP contribution in [0.5, 0.6) is 5.75 Å². The van der Waals surface area contributed by atoms with Gasteiger partial charge in [-0.25, -0.2) is 0 Å². The topological polar surface area (TPSA) is 74.4 Å². The Hall–Kier alpha value is -2.99. The quantitative estimate of drug-likeness (QED) is 0.651. The summed E-state index contributed by atoms with van der Waals surface area (Å²) in [7, 11) is 1.54. The summed E-state index contributed by atoms with van der Waals surface area (Å²) >= 11 is 6.17. The molecule has 4 rings (SSSR count). The number of nitrogens with one attached hydrogen (secondary N) is 2. The minimum absolute atomic E-state index is 0.0805. The van der Waals surface area contributed by atoms with Crippen LogP contribution in [0.1, 0.15) is 12.0 Å². The molecule has 0 radical (unpaired) electrons. The maximum Gasteiger partial charge on any atom is 0.227 e. The Kier molecular flexibility index (Phi) is 5.45. The third kappa shape index (κ3) is 3.93. The van der Waals surface area contributed by atoms with Gasteiger partial charge < -0.3 is 19.9 Å². The van der Waals surface area contributed by atoms with Crippen LogP contribution in [0.4, 0.5) is 5.69 Å². The smallest absolute Gasteiger partial charge is 0.227 e. The standard InChI is InChI=1S/C22H22ClN3O3/c1-29-20-7-6-16(11-18(20)23)26-13-15(10-21(26)27)22(28)24-9-8-14-12-25-19-5-3-2-4-17(14)19/h2-7,11-12,15,25H,8-10,13H2,1H3,(H,24,28)/t15-/m0/s1. The highest BCUT2D eigenvalue weighted by Gasteiger charge is 2.35. The average molecular weight is 412 g/mol. The van der Waals surface area contributed by atoms with Crippen molar-refractivity contribution >= 4 is 40.0 Å². The predicted molar refractivity (Wildman–Crippen MR) is 113 cm³/mol. The Bertz CT molecular complexity index is 1060. The van der Waals surface area contributed by atoms with Crippen molar-refractivity contribution in [3.63, 3.8) is 0 Å². The highest BCUT2D eigenvalue weighted by molar-refractivity contribution is 6.32. The predicted octanol–water partition coefficient (Wildman–Crippen LogP) is 3.54. The number of hydrogen-bond acceptors (Lipinski definition) is 3. The van der Waals surface area contributed by atoms with Gasteiger partial charge in [0.2, 0.25) is 11.8 Å². The van der Waals surface area contributed by atoms with Crippen molar-refractivity contribution in [1.82, 2.24) is 10.3 Å². The number of fused-ring (bicyclic) bond motifs is 1. The lowest BCUT2D eigenvalue weighted by molar-refractivity contribution is -0.126. The molecule has 7 heteroatoms. The molecule has 0 bridgehead atoms.